The number of fused-ring (bicyclic) bond motifs is 1. The molecule has 38 heavy (non-hydrogen) atoms. The van der Waals surface area contributed by atoms with E-state index in [1.807, 2.05) is 46.0 Å². The second-order valence-electron chi connectivity index (χ2n) is 10.1. The maximum atomic E-state index is 13.3. The predicted molar refractivity (Wildman–Crippen MR) is 144 cm³/mol. The van der Waals surface area contributed by atoms with Crippen LogP contribution < -0.4 is 10.6 Å². The first kappa shape index (κ1) is 25.7. The topological polar surface area (TPSA) is 99.6 Å². The lowest BCUT2D eigenvalue weighted by Crippen LogP contribution is -2.47. The van der Waals surface area contributed by atoms with Crippen molar-refractivity contribution in [3.05, 3.63) is 89.2 Å². The van der Waals surface area contributed by atoms with Gasteiger partial charge in [-0.1, -0.05) is 48.5 Å². The van der Waals surface area contributed by atoms with E-state index in [9.17, 15) is 14.4 Å². The first-order valence-electron chi connectivity index (χ1n) is 13.2. The van der Waals surface area contributed by atoms with Crippen molar-refractivity contribution in [3.63, 3.8) is 0 Å². The highest BCUT2D eigenvalue weighted by Gasteiger charge is 2.30. The van der Waals surface area contributed by atoms with E-state index in [1.165, 1.54) is 0 Å². The van der Waals surface area contributed by atoms with Crippen LogP contribution in [0.4, 0.5) is 0 Å². The van der Waals surface area contributed by atoms with Gasteiger partial charge in [-0.15, -0.1) is 0 Å². The average Bonchev–Trinajstić information content (AvgIpc) is 3.39. The Morgan fingerprint density at radius 1 is 0.947 bits per heavy atom. The van der Waals surface area contributed by atoms with E-state index in [2.05, 4.69) is 27.7 Å². The number of nitrogens with zero attached hydrogens (tertiary/aromatic N) is 4. The molecule has 2 aliphatic rings. The Bertz CT molecular complexity index is 1270. The minimum absolute atomic E-state index is 0.0387. The smallest absolute Gasteiger partial charge is 0.257 e. The lowest BCUT2D eigenvalue weighted by atomic mass is 9.93. The Labute approximate surface area is 222 Å². The Kier molecular flexibility index (Phi) is 7.83. The second kappa shape index (κ2) is 11.6. The van der Waals surface area contributed by atoms with Crippen molar-refractivity contribution in [2.24, 2.45) is 5.92 Å². The summed E-state index contributed by atoms with van der Waals surface area (Å²) < 4.78 is 1.93. The van der Waals surface area contributed by atoms with E-state index in [4.69, 9.17) is 0 Å². The van der Waals surface area contributed by atoms with E-state index in [0.717, 1.165) is 43.9 Å². The summed E-state index contributed by atoms with van der Waals surface area (Å²) in [6, 6.07) is 17.3. The van der Waals surface area contributed by atoms with Gasteiger partial charge in [0.25, 0.3) is 11.8 Å². The van der Waals surface area contributed by atoms with Crippen molar-refractivity contribution in [3.8, 4) is 0 Å². The average molecular weight is 515 g/mol. The zero-order chi connectivity index (χ0) is 26.5. The minimum atomic E-state index is -0.813. The van der Waals surface area contributed by atoms with Crippen molar-refractivity contribution in [1.29, 1.82) is 0 Å². The maximum Gasteiger partial charge on any atom is 0.257 e. The number of benzene rings is 2. The van der Waals surface area contributed by atoms with Crippen molar-refractivity contribution in [2.75, 3.05) is 39.8 Å². The molecule has 198 valence electrons. The highest BCUT2D eigenvalue weighted by Crippen LogP contribution is 2.24. The third-order valence-electron chi connectivity index (χ3n) is 7.47. The Hall–Kier alpha value is -3.98. The summed E-state index contributed by atoms with van der Waals surface area (Å²) in [6.45, 7) is 4.33. The fourth-order valence-corrected chi connectivity index (χ4v) is 5.13. The number of aromatic nitrogens is 2. The van der Waals surface area contributed by atoms with Gasteiger partial charge in [0.2, 0.25) is 5.91 Å². The zero-order valence-electron chi connectivity index (χ0n) is 21.7. The van der Waals surface area contributed by atoms with Crippen LogP contribution in [0.1, 0.15) is 44.4 Å². The van der Waals surface area contributed by atoms with Crippen LogP contribution in [0, 0.1) is 5.92 Å². The Morgan fingerprint density at radius 2 is 1.63 bits per heavy atom. The molecule has 2 aromatic carbocycles. The van der Waals surface area contributed by atoms with E-state index in [1.54, 1.807) is 30.5 Å². The first-order chi connectivity index (χ1) is 18.5. The van der Waals surface area contributed by atoms with Crippen molar-refractivity contribution in [2.45, 2.75) is 25.4 Å². The third kappa shape index (κ3) is 5.78. The van der Waals surface area contributed by atoms with Crippen LogP contribution in [0.5, 0.6) is 0 Å². The molecule has 0 radical (unpaired) electrons. The molecule has 3 heterocycles. The predicted octanol–water partition coefficient (Wildman–Crippen LogP) is 2.12. The summed E-state index contributed by atoms with van der Waals surface area (Å²) in [4.78, 5) is 43.6. The number of carbonyl (C=O) groups is 3. The summed E-state index contributed by atoms with van der Waals surface area (Å²) >= 11 is 0. The molecule has 2 aliphatic heterocycles. The van der Waals surface area contributed by atoms with Gasteiger partial charge in [-0.3, -0.25) is 19.1 Å². The van der Waals surface area contributed by atoms with Crippen LogP contribution in [0.25, 0.3) is 0 Å². The van der Waals surface area contributed by atoms with Gasteiger partial charge in [0.15, 0.2) is 0 Å². The normalized spacial score (nSPS) is 18.3. The molecule has 0 spiro atoms. The number of aryl methyl sites for hydroxylation is 1. The number of amides is 3. The first-order valence-corrected chi connectivity index (χ1v) is 13.2. The maximum absolute atomic E-state index is 13.3. The molecule has 2 unspecified atom stereocenters. The summed E-state index contributed by atoms with van der Waals surface area (Å²) in [6.07, 6.45) is 3.21. The van der Waals surface area contributed by atoms with Gasteiger partial charge in [0, 0.05) is 44.8 Å². The number of carbonyl (C=O) groups excluding carboxylic acids is 3. The van der Waals surface area contributed by atoms with Crippen molar-refractivity contribution < 1.29 is 14.4 Å². The standard InChI is InChI=1S/C29H34N6O3/c1-33-14-16-34(17-15-33)29(38)24-20-31-35-13-12-21(18-25(24)35)19-30-28(37)26(22-8-4-2-5-9-22)32-27(36)23-10-6-3-7-11-23/h2-11,20-21,26H,12-19H2,1H3,(H,30,37)(H,32,36). The van der Waals surface area contributed by atoms with Gasteiger partial charge in [-0.2, -0.15) is 5.10 Å². The Balaban J connectivity index is 1.24. The SMILES string of the molecule is CN1CCN(C(=O)c2cnn3c2CC(CNC(=O)C(NC(=O)c2ccccc2)c2ccccc2)CC3)CC1. The number of hydrogen-bond donors (Lipinski definition) is 2. The van der Waals surface area contributed by atoms with Crippen LogP contribution in [0.3, 0.4) is 0 Å². The molecule has 1 saturated heterocycles. The molecule has 3 aromatic rings. The molecule has 5 rings (SSSR count). The molecule has 0 bridgehead atoms. The molecular formula is C29H34N6O3. The molecule has 9 nitrogen and oxygen atoms in total. The number of nitrogens with one attached hydrogen (secondary N) is 2. The fourth-order valence-electron chi connectivity index (χ4n) is 5.13. The summed E-state index contributed by atoms with van der Waals surface area (Å²) in [5.41, 5.74) is 2.83. The van der Waals surface area contributed by atoms with E-state index in [0.29, 0.717) is 30.6 Å². The van der Waals surface area contributed by atoms with Crippen molar-refractivity contribution >= 4 is 17.7 Å². The summed E-state index contributed by atoms with van der Waals surface area (Å²) in [7, 11) is 2.07. The number of likely N-dealkylation sites (N-methyl/N-ethyl adjacent to an activating group) is 1. The lowest BCUT2D eigenvalue weighted by Gasteiger charge is -2.32. The van der Waals surface area contributed by atoms with E-state index in [-0.39, 0.29) is 23.6 Å². The molecule has 3 amide bonds. The van der Waals surface area contributed by atoms with Gasteiger partial charge < -0.3 is 20.4 Å². The largest absolute Gasteiger partial charge is 0.354 e. The van der Waals surface area contributed by atoms with Crippen LogP contribution in [0.2, 0.25) is 0 Å². The lowest BCUT2D eigenvalue weighted by molar-refractivity contribution is -0.123. The molecule has 1 fully saturated rings. The molecule has 0 saturated carbocycles. The van der Waals surface area contributed by atoms with Crippen LogP contribution in [0.15, 0.2) is 66.9 Å². The molecule has 9 heteroatoms. The van der Waals surface area contributed by atoms with Crippen LogP contribution >= 0.6 is 0 Å². The zero-order valence-corrected chi connectivity index (χ0v) is 21.7. The molecule has 1 aromatic heterocycles. The highest BCUT2D eigenvalue weighted by molar-refractivity contribution is 5.98. The summed E-state index contributed by atoms with van der Waals surface area (Å²) in [5, 5.41) is 10.4. The number of rotatable bonds is 7. The highest BCUT2D eigenvalue weighted by atomic mass is 16.2. The van der Waals surface area contributed by atoms with E-state index >= 15 is 0 Å². The van der Waals surface area contributed by atoms with Gasteiger partial charge in [0.1, 0.15) is 6.04 Å². The van der Waals surface area contributed by atoms with Gasteiger partial charge in [-0.25, -0.2) is 0 Å². The second-order valence-corrected chi connectivity index (χ2v) is 10.1. The molecule has 2 N–H and O–H groups in total. The third-order valence-corrected chi connectivity index (χ3v) is 7.47. The summed E-state index contributed by atoms with van der Waals surface area (Å²) in [5.74, 6) is -0.350. The van der Waals surface area contributed by atoms with Crippen LogP contribution in [-0.4, -0.2) is 77.1 Å². The molecule has 0 aliphatic carbocycles. The molecule has 2 atom stereocenters. The molecular weight excluding hydrogens is 480 g/mol. The fraction of sp³-hybridized carbons (Fsp3) is 0.379. The quantitative estimate of drug-likeness (QED) is 0.503. The van der Waals surface area contributed by atoms with Crippen LogP contribution in [-0.2, 0) is 17.8 Å². The van der Waals surface area contributed by atoms with E-state index < -0.39 is 6.04 Å². The van der Waals surface area contributed by atoms with Gasteiger partial charge >= 0.3 is 0 Å². The number of hydrogen-bond acceptors (Lipinski definition) is 5. The van der Waals surface area contributed by atoms with Crippen molar-refractivity contribution in [1.82, 2.24) is 30.2 Å². The number of piperazine rings is 1. The van der Waals surface area contributed by atoms with Gasteiger partial charge in [0.05, 0.1) is 17.5 Å². The Morgan fingerprint density at radius 3 is 2.34 bits per heavy atom. The monoisotopic (exact) mass is 514 g/mol. The van der Waals surface area contributed by atoms with Gasteiger partial charge in [-0.05, 0) is 43.5 Å². The minimum Gasteiger partial charge on any atom is -0.354 e.